The van der Waals surface area contributed by atoms with Crippen LogP contribution in [-0.4, -0.2) is 117 Å². The molecule has 1 saturated heterocycles. The number of likely N-dealkylation sites (N-methyl/N-ethyl adjacent to an activating group) is 2. The van der Waals surface area contributed by atoms with Gasteiger partial charge in [0, 0.05) is 39.4 Å². The zero-order valence-corrected chi connectivity index (χ0v) is 37.3. The molecule has 0 bridgehead atoms. The van der Waals surface area contributed by atoms with E-state index in [4.69, 9.17) is 7.48 Å². The summed E-state index contributed by atoms with van der Waals surface area (Å²) >= 11 is 1.09. The first kappa shape index (κ1) is 46.5. The number of benzene rings is 1. The van der Waals surface area contributed by atoms with Crippen LogP contribution < -0.4 is 21.3 Å². The summed E-state index contributed by atoms with van der Waals surface area (Å²) in [6.45, 7) is 14.3. The Balaban J connectivity index is 1.69. The average Bonchev–Trinajstić information content (AvgIpc) is 3.89. The van der Waals surface area contributed by atoms with Crippen molar-refractivity contribution in [2.24, 2.45) is 17.8 Å². The van der Waals surface area contributed by atoms with Crippen LogP contribution in [-0.2, 0) is 30.3 Å². The van der Waals surface area contributed by atoms with Gasteiger partial charge in [0.15, 0.2) is 0 Å². The monoisotopic (exact) mass is 859 g/mol. The molecule has 6 N–H and O–H groups in total. The van der Waals surface area contributed by atoms with Gasteiger partial charge in [-0.15, -0.1) is 11.3 Å². The van der Waals surface area contributed by atoms with Gasteiger partial charge in [-0.2, -0.15) is 0 Å². The van der Waals surface area contributed by atoms with E-state index in [0.29, 0.717) is 31.5 Å². The number of ether oxygens (including phenoxy) is 1. The third-order valence-corrected chi connectivity index (χ3v) is 11.8. The minimum Gasteiger partial charge on any atom is -0.481 e. The van der Waals surface area contributed by atoms with Gasteiger partial charge in [-0.25, -0.2) is 9.78 Å². The van der Waals surface area contributed by atoms with Gasteiger partial charge in [0.1, 0.15) is 35.0 Å². The molecule has 16 nitrogen and oxygen atoms in total. The second-order valence-electron chi connectivity index (χ2n) is 17.3. The van der Waals surface area contributed by atoms with Crippen LogP contribution in [0.15, 0.2) is 29.6 Å². The summed E-state index contributed by atoms with van der Waals surface area (Å²) in [6, 6.07) is 4.79. The van der Waals surface area contributed by atoms with Crippen molar-refractivity contribution in [1.29, 1.82) is 0 Å². The molecule has 60 heavy (non-hydrogen) atoms. The van der Waals surface area contributed by atoms with E-state index < -0.39 is 71.1 Å². The lowest BCUT2D eigenvalue weighted by Gasteiger charge is -2.38. The molecule has 1 fully saturated rings. The molecule has 1 aromatic heterocycles. The number of aliphatic carboxylic acids is 1. The molecule has 5 amide bonds. The molecule has 0 saturated carbocycles. The second-order valence-corrected chi connectivity index (χ2v) is 18.2. The maximum Gasteiger partial charge on any atom is 0.408 e. The number of carbonyl (C=O) groups is 6. The van der Waals surface area contributed by atoms with Crippen molar-refractivity contribution >= 4 is 52.7 Å². The van der Waals surface area contributed by atoms with Crippen LogP contribution in [0.2, 0.25) is 0 Å². The smallest absolute Gasteiger partial charge is 0.408 e. The van der Waals surface area contributed by atoms with Crippen molar-refractivity contribution in [3.05, 3.63) is 45.9 Å². The van der Waals surface area contributed by atoms with Crippen LogP contribution >= 0.6 is 11.3 Å². The lowest BCUT2D eigenvalue weighted by Crippen LogP contribution is -2.60. The molecule has 17 heteroatoms. The van der Waals surface area contributed by atoms with Crippen molar-refractivity contribution in [3.63, 3.8) is 0 Å². The molecule has 1 aliphatic heterocycles. The number of alkyl carbamates (subject to hydrolysis) is 1. The summed E-state index contributed by atoms with van der Waals surface area (Å²) in [5.74, 6) is -3.95. The molecular weight excluding hydrogens is 791 g/mol. The van der Waals surface area contributed by atoms with Crippen LogP contribution in [0.5, 0.6) is 0 Å². The molecular formula is C43H67N7O9S. The minimum atomic E-state index is -1.17. The Hall–Kier alpha value is -4.61. The van der Waals surface area contributed by atoms with Crippen LogP contribution in [0.3, 0.4) is 0 Å². The van der Waals surface area contributed by atoms with Crippen LogP contribution in [0.25, 0.3) is 0 Å². The number of rotatable bonds is 20. The number of aromatic nitrogens is 1. The van der Waals surface area contributed by atoms with E-state index in [1.54, 1.807) is 68.8 Å². The maximum absolute atomic E-state index is 14.2. The summed E-state index contributed by atoms with van der Waals surface area (Å²) in [5.41, 5.74) is -0.619. The summed E-state index contributed by atoms with van der Waals surface area (Å²) in [5, 5.41) is 33.8. The highest BCUT2D eigenvalue weighted by Gasteiger charge is 2.44. The largest absolute Gasteiger partial charge is 0.481 e. The molecule has 7 atom stereocenters. The van der Waals surface area contributed by atoms with Crippen molar-refractivity contribution in [2.75, 3.05) is 32.5 Å². The molecule has 0 aliphatic carbocycles. The topological polar surface area (TPSA) is 220 Å². The number of hydrogen-bond acceptors (Lipinski definition) is 11. The molecule has 1 aromatic carbocycles. The van der Waals surface area contributed by atoms with E-state index >= 15 is 0 Å². The highest BCUT2D eigenvalue weighted by Crippen LogP contribution is 2.30. The second kappa shape index (κ2) is 21.8. The van der Waals surface area contributed by atoms with Crippen molar-refractivity contribution in [3.8, 4) is 0 Å². The number of nitrogens with one attached hydrogen (secondary N) is 4. The molecule has 0 spiro atoms. The first-order valence-corrected chi connectivity index (χ1v) is 21.4. The van der Waals surface area contributed by atoms with Gasteiger partial charge in [-0.05, 0) is 96.5 Å². The standard InChI is InChI=1S/C43H67N7O9S/c1-12-26(4)35(48-40(57)43(9)18-13-19-49(43)10)38(54)50(11)32(25(2)3)22-33(51)37-47-31(24-60-37)36(53)46-30(20-27(5)39(55)56)21-28-14-16-29(17-15-28)45-34(52)23-44-41(58)59-42(6,7)8/h14-17,24-27,30,32-33,35,51H,12-13,18-23H2,1-11H3,(H,44,58)(H,45,52)(H,46,53)(H,48,57)(H,55,56)/t26-,27-,30+,32+,33+,35-,43-/m0/s1/i9D,10D. The molecule has 0 radical (unpaired) electrons. The Labute approximate surface area is 361 Å². The van der Waals surface area contributed by atoms with E-state index in [1.165, 1.54) is 5.38 Å². The SMILES string of the molecule is [2H]CN1CCC[C@@]1(C[2H])C(=O)N[C@H](C(=O)N(C)[C@H](C[C@@H](O)c1nc(C(=O)N[C@@H](Cc2ccc(NC(=O)CNC(=O)OC(C)(C)C)cc2)C[C@H](C)C(=O)O)cs1)C(C)C)[C@@H](C)CC. The first-order valence-electron chi connectivity index (χ1n) is 21.9. The number of carbonyl (C=O) groups excluding carboxylic acids is 5. The summed E-state index contributed by atoms with van der Waals surface area (Å²) < 4.78 is 21.3. The van der Waals surface area contributed by atoms with E-state index in [9.17, 15) is 39.0 Å². The van der Waals surface area contributed by atoms with Crippen LogP contribution in [0.4, 0.5) is 10.5 Å². The Morgan fingerprint density at radius 1 is 1.07 bits per heavy atom. The fourth-order valence-corrected chi connectivity index (χ4v) is 7.74. The fourth-order valence-electron chi connectivity index (χ4n) is 6.95. The zero-order chi connectivity index (χ0) is 46.5. The Morgan fingerprint density at radius 3 is 2.33 bits per heavy atom. The summed E-state index contributed by atoms with van der Waals surface area (Å²) in [4.78, 5) is 85.2. The lowest BCUT2D eigenvalue weighted by molar-refractivity contribution is -0.142. The van der Waals surface area contributed by atoms with E-state index in [0.717, 1.165) is 16.9 Å². The van der Waals surface area contributed by atoms with Gasteiger partial charge in [0.2, 0.25) is 17.7 Å². The van der Waals surface area contributed by atoms with Crippen LogP contribution in [0.1, 0.15) is 124 Å². The van der Waals surface area contributed by atoms with Crippen molar-refractivity contribution < 1.29 is 46.5 Å². The first-order chi connectivity index (χ1) is 29.0. The number of carboxylic acid groups (broad SMARTS) is 1. The van der Waals surface area contributed by atoms with Gasteiger partial charge in [0.25, 0.3) is 5.91 Å². The summed E-state index contributed by atoms with van der Waals surface area (Å²) in [6.07, 6.45) is 0.311. The van der Waals surface area contributed by atoms with Crippen molar-refractivity contribution in [2.45, 2.75) is 136 Å². The predicted molar refractivity (Wildman–Crippen MR) is 230 cm³/mol. The molecule has 3 rings (SSSR count). The van der Waals surface area contributed by atoms with Crippen LogP contribution in [0, 0.1) is 17.8 Å². The Morgan fingerprint density at radius 2 is 1.75 bits per heavy atom. The fraction of sp³-hybridized carbons (Fsp3) is 0.651. The number of aliphatic hydroxyl groups excluding tert-OH is 1. The third kappa shape index (κ3) is 14.3. The predicted octanol–water partition coefficient (Wildman–Crippen LogP) is 4.98. The number of anilines is 1. The van der Waals surface area contributed by atoms with E-state index in [2.05, 4.69) is 26.3 Å². The number of carboxylic acids is 1. The van der Waals surface area contributed by atoms with Gasteiger partial charge >= 0.3 is 12.1 Å². The molecule has 0 unspecified atom stereocenters. The lowest BCUT2D eigenvalue weighted by atomic mass is 9.91. The molecule has 2 heterocycles. The van der Waals surface area contributed by atoms with Crippen molar-refractivity contribution in [1.82, 2.24) is 30.7 Å². The molecule has 1 aliphatic rings. The molecule has 2 aromatic rings. The number of thiazole rings is 1. The van der Waals surface area contributed by atoms with Gasteiger partial charge in [-0.1, -0.05) is 53.2 Å². The number of hydrogen-bond donors (Lipinski definition) is 6. The van der Waals surface area contributed by atoms with Gasteiger partial charge in [-0.3, -0.25) is 28.9 Å². The highest BCUT2D eigenvalue weighted by atomic mass is 32.1. The van der Waals surface area contributed by atoms with E-state index in [1.807, 2.05) is 27.7 Å². The highest BCUT2D eigenvalue weighted by molar-refractivity contribution is 7.09. The van der Waals surface area contributed by atoms with Gasteiger partial charge in [0.05, 0.1) is 11.5 Å². The maximum atomic E-state index is 14.2. The molecule has 334 valence electrons. The number of likely N-dealkylation sites (tertiary alicyclic amines) is 1. The zero-order valence-electron chi connectivity index (χ0n) is 38.5. The minimum absolute atomic E-state index is 0.0390. The summed E-state index contributed by atoms with van der Waals surface area (Å²) in [7, 11) is 1.52. The quantitative estimate of drug-likeness (QED) is 0.104. The Bertz CT molecular complexity index is 1840. The number of nitrogens with zero attached hydrogens (tertiary/aromatic N) is 3. The van der Waals surface area contributed by atoms with E-state index in [-0.39, 0.29) is 68.2 Å². The number of amides is 5. The Kier molecular flexibility index (Phi) is 16.9. The third-order valence-electron chi connectivity index (χ3n) is 10.8. The average molecular weight is 860 g/mol. The van der Waals surface area contributed by atoms with Gasteiger partial charge < -0.3 is 41.1 Å². The number of aliphatic hydroxyl groups is 1. The normalized spacial score (nSPS) is 19.1.